The monoisotopic (exact) mass is 422 g/mol. The topological polar surface area (TPSA) is 35.5 Å². The van der Waals surface area contributed by atoms with Gasteiger partial charge in [-0.3, -0.25) is 4.79 Å². The highest BCUT2D eigenvalue weighted by Crippen LogP contribution is 2.62. The van der Waals surface area contributed by atoms with Crippen LogP contribution in [0.4, 0.5) is 0 Å². The van der Waals surface area contributed by atoms with Crippen molar-refractivity contribution in [3.05, 3.63) is 45.5 Å². The van der Waals surface area contributed by atoms with Crippen LogP contribution in [0.25, 0.3) is 0 Å². The largest absolute Gasteiger partial charge is 0.465 e. The second-order valence-corrected chi connectivity index (χ2v) is 10.8. The van der Waals surface area contributed by atoms with Crippen LogP contribution in [-0.2, 0) is 26.1 Å². The smallest absolute Gasteiger partial charge is 0.324 e. The highest BCUT2D eigenvalue weighted by atomic mass is 16.5. The molecule has 0 saturated heterocycles. The zero-order valence-corrected chi connectivity index (χ0v) is 20.1. The van der Waals surface area contributed by atoms with Crippen molar-refractivity contribution in [2.24, 2.45) is 17.3 Å². The summed E-state index contributed by atoms with van der Waals surface area (Å²) in [6.07, 6.45) is 7.88. The number of carbonyl (C=O) groups excluding carboxylic acids is 1. The molecule has 2 saturated carbocycles. The first-order chi connectivity index (χ1) is 14.8. The van der Waals surface area contributed by atoms with E-state index in [-0.39, 0.29) is 5.97 Å². The van der Waals surface area contributed by atoms with Gasteiger partial charge in [0.25, 0.3) is 0 Å². The molecule has 4 aliphatic carbocycles. The Balaban J connectivity index is 1.54. The Morgan fingerprint density at radius 2 is 1.84 bits per heavy atom. The van der Waals surface area contributed by atoms with Gasteiger partial charge in [0.2, 0.25) is 0 Å². The maximum absolute atomic E-state index is 13.1. The average Bonchev–Trinajstić information content (AvgIpc) is 3.12. The number of ether oxygens (including phenoxy) is 2. The third-order valence-corrected chi connectivity index (χ3v) is 9.88. The van der Waals surface area contributed by atoms with E-state index in [4.69, 9.17) is 9.47 Å². The number of hydrogen-bond acceptors (Lipinski definition) is 3. The number of methoxy groups -OCH3 is 1. The summed E-state index contributed by atoms with van der Waals surface area (Å²) in [7, 11) is 1.90. The Morgan fingerprint density at radius 1 is 1.10 bits per heavy atom. The molecule has 0 spiro atoms. The SMILES string of the molecule is CCOC(=O)C1(c2cc3c(cc2C)CC[C@@H]2[C@@H]3CC[C@]3(C)[C@@H](OC)CC[C@@H]23)C(C)=C1C. The summed E-state index contributed by atoms with van der Waals surface area (Å²) in [4.78, 5) is 13.1. The molecule has 1 aromatic carbocycles. The van der Waals surface area contributed by atoms with Crippen molar-refractivity contribution >= 4 is 5.97 Å². The second kappa shape index (κ2) is 7.20. The van der Waals surface area contributed by atoms with Gasteiger partial charge in [-0.1, -0.05) is 19.1 Å². The summed E-state index contributed by atoms with van der Waals surface area (Å²) in [5.41, 5.74) is 7.53. The molecule has 31 heavy (non-hydrogen) atoms. The van der Waals surface area contributed by atoms with Gasteiger partial charge in [0, 0.05) is 7.11 Å². The van der Waals surface area contributed by atoms with Gasteiger partial charge in [-0.15, -0.1) is 0 Å². The number of benzene rings is 1. The molecule has 168 valence electrons. The molecule has 0 heterocycles. The quantitative estimate of drug-likeness (QED) is 0.440. The molecule has 0 unspecified atom stereocenters. The molecule has 0 aromatic heterocycles. The third-order valence-electron chi connectivity index (χ3n) is 9.88. The molecule has 3 nitrogen and oxygen atoms in total. The number of rotatable bonds is 4. The summed E-state index contributed by atoms with van der Waals surface area (Å²) in [6.45, 7) is 11.2. The molecule has 3 heteroatoms. The van der Waals surface area contributed by atoms with Crippen LogP contribution < -0.4 is 0 Å². The molecular formula is C28H38O3. The van der Waals surface area contributed by atoms with Crippen molar-refractivity contribution < 1.29 is 14.3 Å². The van der Waals surface area contributed by atoms with Crippen molar-refractivity contribution in [2.75, 3.05) is 13.7 Å². The Bertz CT molecular complexity index is 945. The lowest BCUT2D eigenvalue weighted by Gasteiger charge is -2.50. The minimum atomic E-state index is -0.611. The van der Waals surface area contributed by atoms with Gasteiger partial charge in [-0.05, 0) is 123 Å². The Kier molecular flexibility index (Phi) is 4.93. The first kappa shape index (κ1) is 21.2. The second-order valence-electron chi connectivity index (χ2n) is 10.8. The van der Waals surface area contributed by atoms with Crippen LogP contribution in [0, 0.1) is 24.2 Å². The van der Waals surface area contributed by atoms with E-state index in [0.29, 0.717) is 24.0 Å². The van der Waals surface area contributed by atoms with Crippen molar-refractivity contribution in [1.82, 2.24) is 0 Å². The minimum absolute atomic E-state index is 0.0876. The molecule has 0 aliphatic heterocycles. The van der Waals surface area contributed by atoms with Gasteiger partial charge in [0.1, 0.15) is 5.41 Å². The third kappa shape index (κ3) is 2.71. The highest BCUT2D eigenvalue weighted by Gasteiger charge is 2.59. The standard InChI is InChI=1S/C28H38O3/c1-7-31-26(29)28(17(3)18(28)4)24-15-22-19(14-16(24)2)8-9-21-20(22)12-13-27(5)23(21)10-11-25(27)30-6/h14-15,20-21,23,25H,7-13H2,1-6H3/t20-,21+,23-,25-,27-/m0/s1. The lowest BCUT2D eigenvalue weighted by atomic mass is 9.55. The zero-order valence-electron chi connectivity index (χ0n) is 20.1. The molecule has 5 rings (SSSR count). The number of aryl methyl sites for hydroxylation is 2. The van der Waals surface area contributed by atoms with E-state index < -0.39 is 5.41 Å². The minimum Gasteiger partial charge on any atom is -0.465 e. The fraction of sp³-hybridized carbons (Fsp3) is 0.679. The van der Waals surface area contributed by atoms with Crippen molar-refractivity contribution in [2.45, 2.75) is 90.6 Å². The van der Waals surface area contributed by atoms with Crippen LogP contribution in [0.3, 0.4) is 0 Å². The highest BCUT2D eigenvalue weighted by molar-refractivity contribution is 5.99. The summed E-state index contributed by atoms with van der Waals surface area (Å²) in [5, 5.41) is 0. The maximum atomic E-state index is 13.1. The lowest BCUT2D eigenvalue weighted by Crippen LogP contribution is -2.44. The van der Waals surface area contributed by atoms with E-state index in [2.05, 4.69) is 39.8 Å². The first-order valence-corrected chi connectivity index (χ1v) is 12.3. The Labute approximate surface area is 187 Å². The normalized spacial score (nSPS) is 35.3. The first-order valence-electron chi connectivity index (χ1n) is 12.3. The number of carbonyl (C=O) groups is 1. The average molecular weight is 423 g/mol. The fourth-order valence-electron chi connectivity index (χ4n) is 8.11. The van der Waals surface area contributed by atoms with Crippen molar-refractivity contribution in [3.63, 3.8) is 0 Å². The number of fused-ring (bicyclic) bond motifs is 5. The van der Waals surface area contributed by atoms with Crippen LogP contribution in [0.5, 0.6) is 0 Å². The predicted octanol–water partition coefficient (Wildman–Crippen LogP) is 6.02. The molecule has 0 N–H and O–H groups in total. The Hall–Kier alpha value is -1.61. The van der Waals surface area contributed by atoms with Crippen LogP contribution in [0.2, 0.25) is 0 Å². The molecule has 5 atom stereocenters. The summed E-state index contributed by atoms with van der Waals surface area (Å²) < 4.78 is 11.5. The van der Waals surface area contributed by atoms with Gasteiger partial charge in [-0.25, -0.2) is 0 Å². The predicted molar refractivity (Wildman–Crippen MR) is 123 cm³/mol. The van der Waals surface area contributed by atoms with E-state index in [1.165, 1.54) is 71.9 Å². The van der Waals surface area contributed by atoms with E-state index in [1.807, 2.05) is 14.0 Å². The molecule has 1 aromatic rings. The van der Waals surface area contributed by atoms with Crippen LogP contribution >= 0.6 is 0 Å². The number of esters is 1. The van der Waals surface area contributed by atoms with E-state index >= 15 is 0 Å². The van der Waals surface area contributed by atoms with E-state index in [1.54, 1.807) is 0 Å². The van der Waals surface area contributed by atoms with E-state index in [9.17, 15) is 4.79 Å². The van der Waals surface area contributed by atoms with Gasteiger partial charge in [-0.2, -0.15) is 0 Å². The summed E-state index contributed by atoms with van der Waals surface area (Å²) in [6, 6.07) is 4.81. The van der Waals surface area contributed by atoms with Gasteiger partial charge < -0.3 is 9.47 Å². The van der Waals surface area contributed by atoms with Crippen LogP contribution in [-0.4, -0.2) is 25.8 Å². The molecule has 0 amide bonds. The van der Waals surface area contributed by atoms with Crippen molar-refractivity contribution in [3.8, 4) is 0 Å². The Morgan fingerprint density at radius 3 is 2.48 bits per heavy atom. The summed E-state index contributed by atoms with van der Waals surface area (Å²) >= 11 is 0. The molecular weight excluding hydrogens is 384 g/mol. The van der Waals surface area contributed by atoms with Gasteiger partial charge in [0.15, 0.2) is 0 Å². The zero-order chi connectivity index (χ0) is 22.1. The fourth-order valence-corrected chi connectivity index (χ4v) is 8.11. The van der Waals surface area contributed by atoms with Gasteiger partial charge >= 0.3 is 5.97 Å². The van der Waals surface area contributed by atoms with E-state index in [0.717, 1.165) is 11.8 Å². The van der Waals surface area contributed by atoms with Crippen molar-refractivity contribution in [1.29, 1.82) is 0 Å². The van der Waals surface area contributed by atoms with Gasteiger partial charge in [0.05, 0.1) is 12.7 Å². The molecule has 0 radical (unpaired) electrons. The van der Waals surface area contributed by atoms with Crippen LogP contribution in [0.15, 0.2) is 23.3 Å². The number of hydrogen-bond donors (Lipinski definition) is 0. The molecule has 2 fully saturated rings. The molecule has 4 aliphatic rings. The molecule has 0 bridgehead atoms. The lowest BCUT2D eigenvalue weighted by molar-refractivity contribution is -0.145. The van der Waals surface area contributed by atoms with Crippen LogP contribution in [0.1, 0.15) is 88.0 Å². The maximum Gasteiger partial charge on any atom is 0.324 e. The summed E-state index contributed by atoms with van der Waals surface area (Å²) in [5.74, 6) is 2.04.